The lowest BCUT2D eigenvalue weighted by Crippen LogP contribution is -2.40. The molecule has 0 bridgehead atoms. The van der Waals surface area contributed by atoms with Crippen LogP contribution in [0, 0.1) is 0 Å². The minimum absolute atomic E-state index is 0.0960. The zero-order chi connectivity index (χ0) is 24.0. The number of nitrogens with one attached hydrogen (secondary N) is 2. The van der Waals surface area contributed by atoms with Crippen molar-refractivity contribution in [3.8, 4) is 0 Å². The summed E-state index contributed by atoms with van der Waals surface area (Å²) >= 11 is 6.07. The number of nitrogens with zero attached hydrogens (tertiary/aromatic N) is 5. The van der Waals surface area contributed by atoms with Crippen LogP contribution in [0.5, 0.6) is 0 Å². The van der Waals surface area contributed by atoms with Crippen LogP contribution in [0.2, 0.25) is 5.28 Å². The van der Waals surface area contributed by atoms with Crippen molar-refractivity contribution in [3.05, 3.63) is 5.28 Å². The van der Waals surface area contributed by atoms with E-state index in [1.165, 1.54) is 0 Å². The maximum atomic E-state index is 11.8. The van der Waals surface area contributed by atoms with Gasteiger partial charge in [0, 0.05) is 12.6 Å². The van der Waals surface area contributed by atoms with Crippen LogP contribution in [0.15, 0.2) is 0 Å². The summed E-state index contributed by atoms with van der Waals surface area (Å²) in [6.07, 6.45) is -1.50. The number of rotatable bonds is 8. The second kappa shape index (κ2) is 9.28. The summed E-state index contributed by atoms with van der Waals surface area (Å²) in [5.74, 6) is 0.373. The van der Waals surface area contributed by atoms with Crippen molar-refractivity contribution in [1.29, 1.82) is 0 Å². The van der Waals surface area contributed by atoms with Gasteiger partial charge in [0.25, 0.3) is 0 Å². The van der Waals surface area contributed by atoms with Crippen molar-refractivity contribution in [1.82, 2.24) is 29.7 Å². The van der Waals surface area contributed by atoms with Crippen LogP contribution in [-0.2, 0) is 19.3 Å². The van der Waals surface area contributed by atoms with Crippen LogP contribution in [0.25, 0.3) is 11.2 Å². The second-order valence-corrected chi connectivity index (χ2v) is 12.2. The third kappa shape index (κ3) is 5.61. The van der Waals surface area contributed by atoms with Crippen molar-refractivity contribution in [2.24, 2.45) is 0 Å². The lowest BCUT2D eigenvalue weighted by atomic mass is 10.1. The number of sulfonamides is 1. The van der Waals surface area contributed by atoms with Gasteiger partial charge in [-0.05, 0) is 24.4 Å². The fourth-order valence-corrected chi connectivity index (χ4v) is 6.63. The number of ether oxygens (including phenoxy) is 1. The van der Waals surface area contributed by atoms with Crippen LogP contribution in [0.3, 0.4) is 0 Å². The first-order valence-corrected chi connectivity index (χ1v) is 13.8. The molecule has 2 fully saturated rings. The molecule has 184 valence electrons. The minimum atomic E-state index is -4.83. The van der Waals surface area contributed by atoms with Crippen molar-refractivity contribution in [2.75, 3.05) is 17.4 Å². The number of hydrogen-bond acceptors (Lipinski definition) is 11. The highest BCUT2D eigenvalue weighted by Crippen LogP contribution is 2.36. The Hall–Kier alpha value is -1.49. The molecule has 0 unspecified atom stereocenters. The normalized spacial score (nSPS) is 26.9. The second-order valence-electron chi connectivity index (χ2n) is 7.98. The highest BCUT2D eigenvalue weighted by Gasteiger charge is 2.45. The maximum absolute atomic E-state index is 11.8. The topological polar surface area (TPSA) is 222 Å². The molecular weight excluding hydrogens is 505 g/mol. The molecule has 1 aliphatic heterocycles. The molecule has 3 heterocycles. The van der Waals surface area contributed by atoms with Crippen LogP contribution < -0.4 is 10.0 Å². The van der Waals surface area contributed by atoms with Gasteiger partial charge in [-0.2, -0.15) is 14.6 Å². The predicted molar refractivity (Wildman–Crippen MR) is 114 cm³/mol. The summed E-state index contributed by atoms with van der Waals surface area (Å²) in [6, 6.07) is 0.199. The first-order chi connectivity index (χ1) is 15.4. The zero-order valence-corrected chi connectivity index (χ0v) is 19.5. The number of anilines is 1. The molecule has 4 rings (SSSR count). The fourth-order valence-electron chi connectivity index (χ4n) is 3.92. The number of aromatic nitrogens is 5. The van der Waals surface area contributed by atoms with E-state index in [0.717, 1.165) is 30.4 Å². The molecule has 1 saturated heterocycles. The van der Waals surface area contributed by atoms with Gasteiger partial charge in [-0.1, -0.05) is 18.1 Å². The Morgan fingerprint density at radius 2 is 1.88 bits per heavy atom. The lowest BCUT2D eigenvalue weighted by Gasteiger charge is -2.16. The molecule has 0 spiro atoms. The molecule has 33 heavy (non-hydrogen) atoms. The average Bonchev–Trinajstić information content (AvgIpc) is 3.40. The Balaban J connectivity index is 1.53. The van der Waals surface area contributed by atoms with E-state index in [0.29, 0.717) is 5.82 Å². The van der Waals surface area contributed by atoms with Gasteiger partial charge < -0.3 is 30.1 Å². The molecule has 6 N–H and O–H groups in total. The SMILES string of the molecule is O=P(O)(O)CS(=O)(=O)NC[C@H]1O[C@@H](n2nnc3c(NC4CCCC4)nc(Cl)nc32)[C@H](O)[C@@H]1O. The number of fused-ring (bicyclic) bond motifs is 1. The van der Waals surface area contributed by atoms with Crippen LogP contribution in [-0.4, -0.2) is 89.8 Å². The molecule has 2 aromatic rings. The Kier molecular flexibility index (Phi) is 6.93. The van der Waals surface area contributed by atoms with E-state index in [2.05, 4.69) is 25.6 Å². The van der Waals surface area contributed by atoms with Crippen LogP contribution >= 0.6 is 19.2 Å². The standard InChI is InChI=1S/C15H23ClN7O8PS/c16-15-19-12(18-7-3-1-2-4-7)9-13(20-15)23(22-21-9)14-11(25)10(24)8(31-14)5-17-33(29,30)6-32(26,27)28/h7-8,10-11,14,17,24-25H,1-6H2,(H,18,19,20)(H2,26,27,28)/t8-,10-,11-,14-/m1/s1. The molecule has 1 aliphatic carbocycles. The van der Waals surface area contributed by atoms with Gasteiger partial charge in [0.05, 0.1) is 0 Å². The van der Waals surface area contributed by atoms with E-state index < -0.39 is 54.2 Å². The Morgan fingerprint density at radius 1 is 1.18 bits per heavy atom. The van der Waals surface area contributed by atoms with E-state index in [4.69, 9.17) is 26.1 Å². The minimum Gasteiger partial charge on any atom is -0.387 e. The molecule has 2 aliphatic rings. The van der Waals surface area contributed by atoms with E-state index >= 15 is 0 Å². The summed E-state index contributed by atoms with van der Waals surface area (Å²) in [5.41, 5.74) is -1.01. The van der Waals surface area contributed by atoms with Crippen molar-refractivity contribution in [2.45, 2.75) is 56.3 Å². The molecule has 2 aromatic heterocycles. The Morgan fingerprint density at radius 3 is 2.55 bits per heavy atom. The molecule has 0 amide bonds. The smallest absolute Gasteiger partial charge is 0.341 e. The highest BCUT2D eigenvalue weighted by molar-refractivity contribution is 7.95. The van der Waals surface area contributed by atoms with E-state index in [1.54, 1.807) is 0 Å². The van der Waals surface area contributed by atoms with Gasteiger partial charge in [-0.25, -0.2) is 13.1 Å². The van der Waals surface area contributed by atoms with Crippen molar-refractivity contribution in [3.63, 3.8) is 0 Å². The van der Waals surface area contributed by atoms with E-state index in [-0.39, 0.29) is 22.5 Å². The Labute approximate surface area is 192 Å². The van der Waals surface area contributed by atoms with E-state index in [1.807, 2.05) is 4.72 Å². The van der Waals surface area contributed by atoms with Gasteiger partial charge in [0.15, 0.2) is 28.7 Å². The third-order valence-corrected chi connectivity index (χ3v) is 8.89. The molecule has 1 saturated carbocycles. The van der Waals surface area contributed by atoms with Gasteiger partial charge in [0.2, 0.25) is 15.3 Å². The number of aliphatic hydroxyl groups excluding tert-OH is 2. The highest BCUT2D eigenvalue weighted by atomic mass is 35.5. The monoisotopic (exact) mass is 527 g/mol. The van der Waals surface area contributed by atoms with Gasteiger partial charge >= 0.3 is 7.60 Å². The summed E-state index contributed by atoms with van der Waals surface area (Å²) in [4.78, 5) is 26.0. The first-order valence-electron chi connectivity index (χ1n) is 10.0. The van der Waals surface area contributed by atoms with E-state index in [9.17, 15) is 23.2 Å². The predicted octanol–water partition coefficient (Wildman–Crippen LogP) is -1.10. The van der Waals surface area contributed by atoms with Crippen LogP contribution in [0.1, 0.15) is 31.9 Å². The molecular formula is C15H23ClN7O8PS. The third-order valence-electron chi connectivity index (χ3n) is 5.41. The Bertz CT molecular complexity index is 1170. The molecule has 0 radical (unpaired) electrons. The number of halogens is 1. The number of aliphatic hydroxyl groups is 2. The van der Waals surface area contributed by atoms with Crippen molar-refractivity contribution < 1.29 is 37.7 Å². The number of hydrogen-bond donors (Lipinski definition) is 6. The maximum Gasteiger partial charge on any atom is 0.341 e. The van der Waals surface area contributed by atoms with Gasteiger partial charge in [0.1, 0.15) is 18.3 Å². The average molecular weight is 528 g/mol. The molecule has 4 atom stereocenters. The lowest BCUT2D eigenvalue weighted by molar-refractivity contribution is -0.0411. The van der Waals surface area contributed by atoms with Gasteiger partial charge in [-0.3, -0.25) is 4.57 Å². The summed E-state index contributed by atoms with van der Waals surface area (Å²) in [6.45, 7) is -0.548. The summed E-state index contributed by atoms with van der Waals surface area (Å²) in [7, 11) is -9.20. The summed E-state index contributed by atoms with van der Waals surface area (Å²) < 4.78 is 43.3. The summed E-state index contributed by atoms with van der Waals surface area (Å²) in [5, 5.41) is 32.0. The van der Waals surface area contributed by atoms with Crippen LogP contribution in [0.4, 0.5) is 5.82 Å². The zero-order valence-electron chi connectivity index (χ0n) is 17.0. The molecule has 0 aromatic carbocycles. The quantitative estimate of drug-likeness (QED) is 0.177. The molecule has 15 nitrogen and oxygen atoms in total. The fraction of sp³-hybridized carbons (Fsp3) is 0.733. The van der Waals surface area contributed by atoms with Gasteiger partial charge in [-0.15, -0.1) is 5.10 Å². The molecule has 18 heteroatoms. The largest absolute Gasteiger partial charge is 0.387 e. The first kappa shape index (κ1) is 24.6. The van der Waals surface area contributed by atoms with Crippen molar-refractivity contribution >= 4 is 46.2 Å².